The molecular formula is C4H4N2S2. The topological polar surface area (TPSA) is 39.6 Å². The van der Waals surface area contributed by atoms with Crippen LogP contribution in [0.2, 0.25) is 0 Å². The Hall–Kier alpha value is -0.480. The van der Waals surface area contributed by atoms with Crippen molar-refractivity contribution >= 4 is 23.6 Å². The van der Waals surface area contributed by atoms with Gasteiger partial charge in [0.05, 0.1) is 0 Å². The van der Waals surface area contributed by atoms with Gasteiger partial charge in [-0.25, -0.2) is 0 Å². The van der Waals surface area contributed by atoms with Crippen LogP contribution in [-0.4, -0.2) is 4.98 Å². The number of hydrogen-bond donors (Lipinski definition) is 2. The first-order valence-corrected chi connectivity index (χ1v) is 3.30. The van der Waals surface area contributed by atoms with Crippen molar-refractivity contribution in [3.8, 4) is 0 Å². The molecule has 4 heteroatoms. The second-order valence-corrected chi connectivity index (χ2v) is 2.55. The molecule has 0 spiro atoms. The molecule has 0 aliphatic heterocycles. The van der Waals surface area contributed by atoms with Crippen LogP contribution in [0.4, 0.5) is 0 Å². The molecule has 1 aromatic heterocycles. The molecule has 0 atom stereocenters. The summed E-state index contributed by atoms with van der Waals surface area (Å²) in [6.45, 7) is 0. The number of H-pyrrole nitrogens is 1. The van der Waals surface area contributed by atoms with Crippen LogP contribution in [0.1, 0.15) is 0 Å². The van der Waals surface area contributed by atoms with Crippen LogP contribution in [0.5, 0.6) is 0 Å². The lowest BCUT2D eigenvalue weighted by atomic mass is 10.9. The molecule has 8 heavy (non-hydrogen) atoms. The minimum Gasteiger partial charge on any atom is -0.350 e. The summed E-state index contributed by atoms with van der Waals surface area (Å²) in [4.78, 5) is 2.74. The summed E-state index contributed by atoms with van der Waals surface area (Å²) in [5, 5.41) is 8.89. The average molecular weight is 144 g/mol. The Morgan fingerprint density at radius 2 is 2.50 bits per heavy atom. The first-order valence-electron chi connectivity index (χ1n) is 2.02. The highest BCUT2D eigenvalue weighted by atomic mass is 32.1. The second-order valence-electron chi connectivity index (χ2n) is 1.22. The van der Waals surface area contributed by atoms with Crippen molar-refractivity contribution in [2.24, 2.45) is 0 Å². The lowest BCUT2D eigenvalue weighted by Gasteiger charge is -1.78. The number of aromatic amines is 1. The quantitative estimate of drug-likeness (QED) is 0.529. The van der Waals surface area contributed by atoms with E-state index in [4.69, 9.17) is 17.6 Å². The fraction of sp³-hybridized carbons (Fsp3) is 0. The van der Waals surface area contributed by atoms with E-state index in [1.54, 1.807) is 11.6 Å². The molecule has 42 valence electrons. The van der Waals surface area contributed by atoms with E-state index in [0.717, 1.165) is 0 Å². The zero-order valence-electron chi connectivity index (χ0n) is 3.97. The van der Waals surface area contributed by atoms with E-state index in [1.807, 2.05) is 0 Å². The van der Waals surface area contributed by atoms with Gasteiger partial charge in [-0.05, 0) is 0 Å². The molecule has 0 unspecified atom stereocenters. The second kappa shape index (κ2) is 2.19. The third kappa shape index (κ3) is 1.02. The van der Waals surface area contributed by atoms with Crippen molar-refractivity contribution in [3.63, 3.8) is 0 Å². The number of rotatable bonds is 0. The van der Waals surface area contributed by atoms with Gasteiger partial charge in [-0.15, -0.1) is 11.3 Å². The minimum atomic E-state index is 0.419. The standard InChI is InChI=1S/C4H4N2S2/c5-3-4(7)6-1-2-8-3/h1-2,5H,(H,6,7). The van der Waals surface area contributed by atoms with Crippen LogP contribution >= 0.6 is 23.6 Å². The van der Waals surface area contributed by atoms with Crippen LogP contribution in [0.15, 0.2) is 11.6 Å². The van der Waals surface area contributed by atoms with E-state index < -0.39 is 0 Å². The van der Waals surface area contributed by atoms with Crippen molar-refractivity contribution in [2.45, 2.75) is 0 Å². The summed E-state index contributed by atoms with van der Waals surface area (Å²) in [5.41, 5.74) is 0. The molecule has 1 heterocycles. The summed E-state index contributed by atoms with van der Waals surface area (Å²) in [6, 6.07) is 0. The van der Waals surface area contributed by atoms with Gasteiger partial charge in [0.1, 0.15) is 9.31 Å². The highest BCUT2D eigenvalue weighted by molar-refractivity contribution is 7.71. The zero-order valence-corrected chi connectivity index (χ0v) is 5.60. The van der Waals surface area contributed by atoms with Crippen LogP contribution in [0.25, 0.3) is 0 Å². The predicted octanol–water partition coefficient (Wildman–Crippen LogP) is 1.29. The average Bonchev–Trinajstić information content (AvgIpc) is 1.77. The van der Waals surface area contributed by atoms with Gasteiger partial charge < -0.3 is 4.98 Å². The van der Waals surface area contributed by atoms with E-state index in [0.29, 0.717) is 9.31 Å². The molecular weight excluding hydrogens is 140 g/mol. The van der Waals surface area contributed by atoms with Gasteiger partial charge in [-0.3, -0.25) is 5.41 Å². The Morgan fingerprint density at radius 1 is 1.75 bits per heavy atom. The maximum Gasteiger partial charge on any atom is 0.142 e. The Bertz CT molecular complexity index is 243. The van der Waals surface area contributed by atoms with E-state index in [-0.39, 0.29) is 0 Å². The van der Waals surface area contributed by atoms with E-state index in [9.17, 15) is 0 Å². The third-order valence-corrected chi connectivity index (χ3v) is 1.84. The van der Waals surface area contributed by atoms with Crippen LogP contribution in [0.3, 0.4) is 0 Å². The Balaban J connectivity index is 3.59. The van der Waals surface area contributed by atoms with Crippen molar-refractivity contribution in [3.05, 3.63) is 20.9 Å². The number of nitrogens with one attached hydrogen (secondary N) is 2. The van der Waals surface area contributed by atoms with Gasteiger partial charge in [0.25, 0.3) is 0 Å². The van der Waals surface area contributed by atoms with E-state index in [2.05, 4.69) is 4.98 Å². The van der Waals surface area contributed by atoms with Crippen LogP contribution in [0, 0.1) is 10.0 Å². The van der Waals surface area contributed by atoms with Crippen molar-refractivity contribution < 1.29 is 0 Å². The van der Waals surface area contributed by atoms with Gasteiger partial charge in [-0.2, -0.15) is 0 Å². The molecule has 0 amide bonds. The first kappa shape index (κ1) is 5.65. The summed E-state index contributed by atoms with van der Waals surface area (Å²) in [5.74, 6) is 0. The monoisotopic (exact) mass is 144 g/mol. The highest BCUT2D eigenvalue weighted by Crippen LogP contribution is 1.81. The summed E-state index contributed by atoms with van der Waals surface area (Å²) < 4.78 is 0.931. The zero-order chi connectivity index (χ0) is 5.98. The molecule has 2 N–H and O–H groups in total. The van der Waals surface area contributed by atoms with Crippen molar-refractivity contribution in [1.82, 2.24) is 4.98 Å². The van der Waals surface area contributed by atoms with E-state index >= 15 is 0 Å². The molecule has 0 aromatic carbocycles. The number of aromatic nitrogens is 1. The lowest BCUT2D eigenvalue weighted by molar-refractivity contribution is 1.22. The predicted molar refractivity (Wildman–Crippen MR) is 35.4 cm³/mol. The van der Waals surface area contributed by atoms with Gasteiger partial charge in [-0.1, -0.05) is 12.2 Å². The summed E-state index contributed by atoms with van der Waals surface area (Å²) in [6.07, 6.45) is 1.73. The minimum absolute atomic E-state index is 0.419. The molecule has 0 aliphatic rings. The van der Waals surface area contributed by atoms with Gasteiger partial charge in [0.15, 0.2) is 0 Å². The SMILES string of the molecule is N=c1scc[nH]c1=S. The van der Waals surface area contributed by atoms with Crippen molar-refractivity contribution in [2.75, 3.05) is 0 Å². The fourth-order valence-electron chi connectivity index (χ4n) is 0.331. The van der Waals surface area contributed by atoms with Crippen molar-refractivity contribution in [1.29, 1.82) is 5.41 Å². The molecule has 0 radical (unpaired) electrons. The van der Waals surface area contributed by atoms with Gasteiger partial charge in [0.2, 0.25) is 0 Å². The normalized spacial score (nSPS) is 9.00. The molecule has 0 bridgehead atoms. The molecule has 2 nitrogen and oxygen atoms in total. The molecule has 0 saturated carbocycles. The summed E-state index contributed by atoms with van der Waals surface area (Å²) in [7, 11) is 0. The fourth-order valence-corrected chi connectivity index (χ4v) is 0.981. The molecule has 1 aromatic rings. The molecule has 0 saturated heterocycles. The largest absolute Gasteiger partial charge is 0.350 e. The van der Waals surface area contributed by atoms with E-state index in [1.165, 1.54) is 11.3 Å². The van der Waals surface area contributed by atoms with Gasteiger partial charge >= 0.3 is 0 Å². The molecule has 0 aliphatic carbocycles. The first-order chi connectivity index (χ1) is 3.80. The van der Waals surface area contributed by atoms with Crippen LogP contribution < -0.4 is 4.67 Å². The van der Waals surface area contributed by atoms with Gasteiger partial charge in [0, 0.05) is 11.6 Å². The lowest BCUT2D eigenvalue weighted by Crippen LogP contribution is -1.94. The maximum atomic E-state index is 7.10. The highest BCUT2D eigenvalue weighted by Gasteiger charge is 1.75. The Kier molecular flexibility index (Phi) is 1.55. The third-order valence-electron chi connectivity index (χ3n) is 0.675. The summed E-state index contributed by atoms with van der Waals surface area (Å²) >= 11 is 6.05. The Labute approximate surface area is 55.3 Å². The number of hydrogen-bond acceptors (Lipinski definition) is 3. The maximum absolute atomic E-state index is 7.10. The Morgan fingerprint density at radius 3 is 2.88 bits per heavy atom. The molecule has 1 rings (SSSR count). The smallest absolute Gasteiger partial charge is 0.142 e. The van der Waals surface area contributed by atoms with Crippen LogP contribution in [-0.2, 0) is 0 Å². The molecule has 0 fully saturated rings.